The maximum Gasteiger partial charge on any atom is 0.196 e. The van der Waals surface area contributed by atoms with E-state index < -0.39 is 0 Å². The van der Waals surface area contributed by atoms with Gasteiger partial charge >= 0.3 is 0 Å². The number of rotatable bonds is 6. The van der Waals surface area contributed by atoms with Crippen LogP contribution < -0.4 is 10.6 Å². The normalized spacial score (nSPS) is 16.6. The third-order valence-corrected chi connectivity index (χ3v) is 7.14. The number of hydrogen-bond acceptors (Lipinski definition) is 4. The van der Waals surface area contributed by atoms with Gasteiger partial charge in [0.1, 0.15) is 0 Å². The summed E-state index contributed by atoms with van der Waals surface area (Å²) in [6, 6.07) is 21.4. The Morgan fingerprint density at radius 1 is 0.758 bits per heavy atom. The van der Waals surface area contributed by atoms with Gasteiger partial charge in [0.25, 0.3) is 0 Å². The number of hydrogen-bond donors (Lipinski definition) is 2. The molecule has 1 unspecified atom stereocenters. The van der Waals surface area contributed by atoms with Gasteiger partial charge < -0.3 is 10.6 Å². The predicted molar refractivity (Wildman–Crippen MR) is 133 cm³/mol. The molecule has 0 saturated heterocycles. The average molecular weight is 439 g/mol. The van der Waals surface area contributed by atoms with Gasteiger partial charge in [-0.05, 0) is 43.4 Å². The van der Waals surface area contributed by atoms with Crippen molar-refractivity contribution in [1.82, 2.24) is 0 Å². The van der Waals surface area contributed by atoms with E-state index in [-0.39, 0.29) is 17.6 Å². The molecule has 4 heteroatoms. The molecule has 1 atom stereocenters. The van der Waals surface area contributed by atoms with Crippen LogP contribution in [0.25, 0.3) is 0 Å². The van der Waals surface area contributed by atoms with Gasteiger partial charge in [-0.25, -0.2) is 0 Å². The Labute approximate surface area is 195 Å². The summed E-state index contributed by atoms with van der Waals surface area (Å²) in [7, 11) is 0. The van der Waals surface area contributed by atoms with Gasteiger partial charge in [0.05, 0.1) is 11.1 Å². The zero-order valence-electron chi connectivity index (χ0n) is 19.1. The van der Waals surface area contributed by atoms with E-state index in [0.717, 1.165) is 11.3 Å². The van der Waals surface area contributed by atoms with Crippen molar-refractivity contribution in [3.8, 4) is 0 Å². The molecule has 33 heavy (non-hydrogen) atoms. The van der Waals surface area contributed by atoms with E-state index in [2.05, 4.69) is 17.6 Å². The fourth-order valence-corrected chi connectivity index (χ4v) is 5.28. The molecule has 0 aromatic heterocycles. The molecule has 3 aromatic carbocycles. The first kappa shape index (κ1) is 21.4. The molecule has 2 N–H and O–H groups in total. The molecule has 2 aliphatic rings. The third kappa shape index (κ3) is 4.18. The minimum absolute atomic E-state index is 0.0816. The zero-order valence-corrected chi connectivity index (χ0v) is 19.1. The highest BCUT2D eigenvalue weighted by molar-refractivity contribution is 6.31. The molecular formula is C29H30N2O2. The molecule has 5 rings (SSSR count). The van der Waals surface area contributed by atoms with E-state index in [9.17, 15) is 9.59 Å². The van der Waals surface area contributed by atoms with Crippen molar-refractivity contribution in [2.75, 3.05) is 10.6 Å². The highest BCUT2D eigenvalue weighted by Gasteiger charge is 2.34. The molecule has 0 amide bonds. The summed E-state index contributed by atoms with van der Waals surface area (Å²) in [5.74, 6) is 0.415. The third-order valence-electron chi connectivity index (χ3n) is 7.14. The van der Waals surface area contributed by atoms with Crippen molar-refractivity contribution >= 4 is 22.9 Å². The van der Waals surface area contributed by atoms with E-state index in [4.69, 9.17) is 0 Å². The molecule has 3 aromatic rings. The molecule has 2 aliphatic carbocycles. The van der Waals surface area contributed by atoms with E-state index in [1.54, 1.807) is 12.1 Å². The van der Waals surface area contributed by atoms with Crippen LogP contribution in [0.4, 0.5) is 11.4 Å². The number of anilines is 2. The Kier molecular flexibility index (Phi) is 5.99. The number of fused-ring (bicyclic) bond motifs is 2. The van der Waals surface area contributed by atoms with Crippen LogP contribution in [0.5, 0.6) is 0 Å². The molecule has 168 valence electrons. The molecule has 4 nitrogen and oxygen atoms in total. The Balaban J connectivity index is 1.53. The molecule has 0 heterocycles. The van der Waals surface area contributed by atoms with E-state index >= 15 is 0 Å². The van der Waals surface area contributed by atoms with Gasteiger partial charge in [0, 0.05) is 35.1 Å². The fraction of sp³-hybridized carbons (Fsp3) is 0.310. The van der Waals surface area contributed by atoms with Gasteiger partial charge in [0.15, 0.2) is 11.6 Å². The molecule has 0 aliphatic heterocycles. The Morgan fingerprint density at radius 2 is 1.33 bits per heavy atom. The Morgan fingerprint density at radius 3 is 2.00 bits per heavy atom. The second-order valence-corrected chi connectivity index (χ2v) is 9.28. The van der Waals surface area contributed by atoms with Gasteiger partial charge in [-0.1, -0.05) is 73.9 Å². The molecule has 0 bridgehead atoms. The van der Waals surface area contributed by atoms with Crippen LogP contribution in [0.15, 0.2) is 66.7 Å². The van der Waals surface area contributed by atoms with Crippen molar-refractivity contribution in [1.29, 1.82) is 0 Å². The van der Waals surface area contributed by atoms with Crippen LogP contribution >= 0.6 is 0 Å². The summed E-state index contributed by atoms with van der Waals surface area (Å²) in [5, 5.41) is 7.04. The van der Waals surface area contributed by atoms with Crippen molar-refractivity contribution in [2.24, 2.45) is 5.92 Å². The van der Waals surface area contributed by atoms with Crippen LogP contribution in [-0.2, 0) is 6.54 Å². The highest BCUT2D eigenvalue weighted by Crippen LogP contribution is 2.38. The first-order chi connectivity index (χ1) is 16.1. The minimum atomic E-state index is -0.0928. The van der Waals surface area contributed by atoms with Crippen LogP contribution in [-0.4, -0.2) is 17.6 Å². The highest BCUT2D eigenvalue weighted by atomic mass is 16.1. The largest absolute Gasteiger partial charge is 0.382 e. The number of ketones is 2. The van der Waals surface area contributed by atoms with Gasteiger partial charge in [-0.15, -0.1) is 0 Å². The quantitative estimate of drug-likeness (QED) is 0.363. The average Bonchev–Trinajstić information content (AvgIpc) is 2.87. The van der Waals surface area contributed by atoms with Crippen LogP contribution in [0.3, 0.4) is 0 Å². The second-order valence-electron chi connectivity index (χ2n) is 9.28. The summed E-state index contributed by atoms with van der Waals surface area (Å²) >= 11 is 0. The number of nitrogens with one attached hydrogen (secondary N) is 2. The molecule has 0 spiro atoms. The Hall–Kier alpha value is -3.40. The lowest BCUT2D eigenvalue weighted by atomic mass is 9.81. The van der Waals surface area contributed by atoms with Gasteiger partial charge in [-0.2, -0.15) is 0 Å². The molecule has 0 radical (unpaired) electrons. The summed E-state index contributed by atoms with van der Waals surface area (Å²) in [6.07, 6.45) is 6.26. The topological polar surface area (TPSA) is 58.2 Å². The van der Waals surface area contributed by atoms with Gasteiger partial charge in [0.2, 0.25) is 0 Å². The zero-order chi connectivity index (χ0) is 22.8. The lowest BCUT2D eigenvalue weighted by Gasteiger charge is -2.31. The summed E-state index contributed by atoms with van der Waals surface area (Å²) < 4.78 is 0. The van der Waals surface area contributed by atoms with E-state index in [1.807, 2.05) is 54.6 Å². The van der Waals surface area contributed by atoms with Crippen molar-refractivity contribution < 1.29 is 9.59 Å². The lowest BCUT2D eigenvalue weighted by molar-refractivity contribution is 0.0980. The Bertz CT molecular complexity index is 1180. The van der Waals surface area contributed by atoms with Crippen molar-refractivity contribution in [3.63, 3.8) is 0 Å². The first-order valence-electron chi connectivity index (χ1n) is 12.0. The smallest absolute Gasteiger partial charge is 0.196 e. The van der Waals surface area contributed by atoms with Crippen LogP contribution in [0.2, 0.25) is 0 Å². The summed E-state index contributed by atoms with van der Waals surface area (Å²) in [6.45, 7) is 2.79. The van der Waals surface area contributed by atoms with Crippen molar-refractivity contribution in [2.45, 2.75) is 51.6 Å². The minimum Gasteiger partial charge on any atom is -0.382 e. The van der Waals surface area contributed by atoms with E-state index in [0.29, 0.717) is 40.4 Å². The van der Waals surface area contributed by atoms with Gasteiger partial charge in [-0.3, -0.25) is 9.59 Å². The fourth-order valence-electron chi connectivity index (χ4n) is 5.28. The van der Waals surface area contributed by atoms with Crippen molar-refractivity contribution in [3.05, 3.63) is 94.5 Å². The molecule has 1 saturated carbocycles. The second kappa shape index (κ2) is 9.22. The monoisotopic (exact) mass is 438 g/mol. The standard InChI is InChI=1S/C29H30N2O2/c1-19(21-12-6-3-7-13-21)31-25-17-16-24(30-18-20-10-4-2-5-11-20)26-27(25)29(33)23-15-9-8-14-22(23)28(26)32/h2,4-5,8-11,14-17,19,21,30-31H,3,6-7,12-13,18H2,1H3. The lowest BCUT2D eigenvalue weighted by Crippen LogP contribution is -2.30. The van der Waals surface area contributed by atoms with Crippen LogP contribution in [0, 0.1) is 5.92 Å². The van der Waals surface area contributed by atoms with Crippen LogP contribution in [0.1, 0.15) is 76.4 Å². The number of carbonyl (C=O) groups is 2. The summed E-state index contributed by atoms with van der Waals surface area (Å²) in [5.41, 5.74) is 4.54. The maximum absolute atomic E-state index is 13.6. The molecule has 1 fully saturated rings. The summed E-state index contributed by atoms with van der Waals surface area (Å²) in [4.78, 5) is 27.2. The predicted octanol–water partition coefficient (Wildman–Crippen LogP) is 6.45. The first-order valence-corrected chi connectivity index (χ1v) is 12.0. The maximum atomic E-state index is 13.6. The number of benzene rings is 3. The van der Waals surface area contributed by atoms with E-state index in [1.165, 1.54) is 32.1 Å². The SMILES string of the molecule is CC(Nc1ccc(NCc2ccccc2)c2c1C(=O)c1ccccc1C2=O)C1CCCCC1. The number of carbonyl (C=O) groups excluding carboxylic acids is 2. The molecular weight excluding hydrogens is 408 g/mol.